The van der Waals surface area contributed by atoms with E-state index >= 15 is 0 Å². The van der Waals surface area contributed by atoms with Crippen molar-refractivity contribution in [1.29, 1.82) is 0 Å². The fraction of sp³-hybridized carbons (Fsp3) is 0.364. The van der Waals surface area contributed by atoms with Gasteiger partial charge in [0.15, 0.2) is 0 Å². The van der Waals surface area contributed by atoms with Gasteiger partial charge in [-0.25, -0.2) is 22.3 Å². The van der Waals surface area contributed by atoms with Crippen LogP contribution in [0.1, 0.15) is 15.9 Å². The molecule has 0 saturated carbocycles. The summed E-state index contributed by atoms with van der Waals surface area (Å²) in [6.07, 6.45) is 1.06. The predicted octanol–water partition coefficient (Wildman–Crippen LogP) is 0.163. The van der Waals surface area contributed by atoms with Crippen molar-refractivity contribution in [3.63, 3.8) is 0 Å². The van der Waals surface area contributed by atoms with Crippen LogP contribution >= 0.6 is 0 Å². The molecule has 106 valence electrons. The molecule has 6 nitrogen and oxygen atoms in total. The molecule has 0 aromatic heterocycles. The molecule has 0 fully saturated rings. The first kappa shape index (κ1) is 15.5. The standard InChI is InChI=1S/C11H15FN2O4S/c1-19(17,18)14-5-4-13-7-8-2-3-9(11(15)16)10(12)6-8/h2-3,6,13-14H,4-5,7H2,1H3,(H,15,16). The summed E-state index contributed by atoms with van der Waals surface area (Å²) in [6, 6.07) is 3.84. The number of carbonyl (C=O) groups is 1. The highest BCUT2D eigenvalue weighted by Crippen LogP contribution is 2.10. The van der Waals surface area contributed by atoms with Crippen LogP contribution in [-0.4, -0.2) is 38.8 Å². The Morgan fingerprint density at radius 3 is 2.58 bits per heavy atom. The molecule has 0 aliphatic heterocycles. The normalized spacial score (nSPS) is 11.5. The molecule has 0 unspecified atom stereocenters. The minimum absolute atomic E-state index is 0.231. The second-order valence-corrected chi connectivity index (χ2v) is 5.80. The van der Waals surface area contributed by atoms with Gasteiger partial charge in [-0.3, -0.25) is 0 Å². The summed E-state index contributed by atoms with van der Waals surface area (Å²) in [6.45, 7) is 0.937. The van der Waals surface area contributed by atoms with Crippen LogP contribution in [0.3, 0.4) is 0 Å². The molecule has 0 heterocycles. The fourth-order valence-corrected chi connectivity index (χ4v) is 1.87. The molecule has 19 heavy (non-hydrogen) atoms. The maximum Gasteiger partial charge on any atom is 0.338 e. The van der Waals surface area contributed by atoms with Crippen molar-refractivity contribution in [2.24, 2.45) is 0 Å². The highest BCUT2D eigenvalue weighted by Gasteiger charge is 2.09. The number of rotatable bonds is 7. The van der Waals surface area contributed by atoms with E-state index in [-0.39, 0.29) is 12.1 Å². The Kier molecular flexibility index (Phi) is 5.40. The maximum absolute atomic E-state index is 13.3. The Hall–Kier alpha value is -1.51. The van der Waals surface area contributed by atoms with Crippen LogP contribution in [-0.2, 0) is 16.6 Å². The van der Waals surface area contributed by atoms with E-state index < -0.39 is 21.8 Å². The number of hydrogen-bond donors (Lipinski definition) is 3. The van der Waals surface area contributed by atoms with E-state index in [1.165, 1.54) is 12.1 Å². The van der Waals surface area contributed by atoms with Crippen molar-refractivity contribution < 1.29 is 22.7 Å². The number of sulfonamides is 1. The molecule has 0 bridgehead atoms. The molecule has 0 amide bonds. The van der Waals surface area contributed by atoms with Crippen molar-refractivity contribution in [2.45, 2.75) is 6.54 Å². The lowest BCUT2D eigenvalue weighted by Gasteiger charge is -2.06. The third-order valence-corrected chi connectivity index (χ3v) is 2.99. The van der Waals surface area contributed by atoms with E-state index in [4.69, 9.17) is 5.11 Å². The van der Waals surface area contributed by atoms with Crippen LogP contribution < -0.4 is 10.0 Å². The van der Waals surface area contributed by atoms with Crippen molar-refractivity contribution in [1.82, 2.24) is 10.0 Å². The first-order valence-electron chi connectivity index (χ1n) is 5.46. The van der Waals surface area contributed by atoms with Crippen molar-refractivity contribution in [3.05, 3.63) is 35.1 Å². The second-order valence-electron chi connectivity index (χ2n) is 3.96. The number of benzene rings is 1. The highest BCUT2D eigenvalue weighted by molar-refractivity contribution is 7.88. The van der Waals surface area contributed by atoms with E-state index in [0.717, 1.165) is 12.3 Å². The van der Waals surface area contributed by atoms with Crippen molar-refractivity contribution in [3.8, 4) is 0 Å². The molecular weight excluding hydrogens is 275 g/mol. The summed E-state index contributed by atoms with van der Waals surface area (Å²) in [4.78, 5) is 10.6. The molecule has 1 rings (SSSR count). The average molecular weight is 290 g/mol. The van der Waals surface area contributed by atoms with Gasteiger partial charge in [-0.1, -0.05) is 6.07 Å². The number of carboxylic acid groups (broad SMARTS) is 1. The first-order chi connectivity index (χ1) is 8.79. The number of aromatic carboxylic acids is 1. The molecule has 0 aliphatic carbocycles. The Labute approximate surface area is 110 Å². The molecule has 0 saturated heterocycles. The van der Waals surface area contributed by atoms with Crippen LogP contribution in [0.25, 0.3) is 0 Å². The molecule has 0 atom stereocenters. The molecule has 0 radical (unpaired) electrons. The Morgan fingerprint density at radius 1 is 1.37 bits per heavy atom. The molecule has 1 aromatic rings. The molecule has 0 aliphatic rings. The summed E-state index contributed by atoms with van der Waals surface area (Å²) >= 11 is 0. The van der Waals surface area contributed by atoms with Gasteiger partial charge in [0.2, 0.25) is 10.0 Å². The summed E-state index contributed by atoms with van der Waals surface area (Å²) in [5.74, 6) is -2.10. The summed E-state index contributed by atoms with van der Waals surface area (Å²) in [5, 5.41) is 11.6. The van der Waals surface area contributed by atoms with Gasteiger partial charge < -0.3 is 10.4 Å². The quantitative estimate of drug-likeness (QED) is 0.622. The molecule has 8 heteroatoms. The lowest BCUT2D eigenvalue weighted by molar-refractivity contribution is 0.0692. The van der Waals surface area contributed by atoms with Crippen LogP contribution in [0.4, 0.5) is 4.39 Å². The SMILES string of the molecule is CS(=O)(=O)NCCNCc1ccc(C(=O)O)c(F)c1. The fourth-order valence-electron chi connectivity index (χ4n) is 1.40. The van der Waals surface area contributed by atoms with Crippen LogP contribution in [0.15, 0.2) is 18.2 Å². The monoisotopic (exact) mass is 290 g/mol. The van der Waals surface area contributed by atoms with E-state index in [2.05, 4.69) is 10.0 Å². The lowest BCUT2D eigenvalue weighted by atomic mass is 10.1. The van der Waals surface area contributed by atoms with E-state index in [1.54, 1.807) is 0 Å². The third kappa shape index (κ3) is 5.77. The molecular formula is C11H15FN2O4S. The van der Waals surface area contributed by atoms with Gasteiger partial charge >= 0.3 is 5.97 Å². The Morgan fingerprint density at radius 2 is 2.05 bits per heavy atom. The molecule has 1 aromatic carbocycles. The minimum Gasteiger partial charge on any atom is -0.478 e. The molecule has 0 spiro atoms. The molecule has 3 N–H and O–H groups in total. The smallest absolute Gasteiger partial charge is 0.338 e. The lowest BCUT2D eigenvalue weighted by Crippen LogP contribution is -2.30. The number of halogens is 1. The van der Waals surface area contributed by atoms with E-state index in [1.807, 2.05) is 0 Å². The van der Waals surface area contributed by atoms with E-state index in [0.29, 0.717) is 18.7 Å². The van der Waals surface area contributed by atoms with Crippen molar-refractivity contribution in [2.75, 3.05) is 19.3 Å². The summed E-state index contributed by atoms with van der Waals surface area (Å²) < 4.78 is 37.2. The van der Waals surface area contributed by atoms with Gasteiger partial charge in [0.1, 0.15) is 5.82 Å². The van der Waals surface area contributed by atoms with Gasteiger partial charge in [-0.05, 0) is 17.7 Å². The van der Waals surface area contributed by atoms with Gasteiger partial charge in [-0.2, -0.15) is 0 Å². The average Bonchev–Trinajstić information content (AvgIpc) is 2.26. The van der Waals surface area contributed by atoms with E-state index in [9.17, 15) is 17.6 Å². The van der Waals surface area contributed by atoms with Crippen LogP contribution in [0.2, 0.25) is 0 Å². The zero-order valence-electron chi connectivity index (χ0n) is 10.3. The maximum atomic E-state index is 13.3. The second kappa shape index (κ2) is 6.60. The Bertz CT molecular complexity index is 560. The zero-order valence-corrected chi connectivity index (χ0v) is 11.1. The topological polar surface area (TPSA) is 95.5 Å². The first-order valence-corrected chi connectivity index (χ1v) is 7.36. The van der Waals surface area contributed by atoms with Crippen LogP contribution in [0, 0.1) is 5.82 Å². The predicted molar refractivity (Wildman–Crippen MR) is 67.9 cm³/mol. The van der Waals surface area contributed by atoms with Gasteiger partial charge in [-0.15, -0.1) is 0 Å². The zero-order chi connectivity index (χ0) is 14.5. The van der Waals surface area contributed by atoms with Crippen molar-refractivity contribution >= 4 is 16.0 Å². The summed E-state index contributed by atoms with van der Waals surface area (Å²) in [5.41, 5.74) is 0.212. The number of nitrogens with one attached hydrogen (secondary N) is 2. The highest BCUT2D eigenvalue weighted by atomic mass is 32.2. The van der Waals surface area contributed by atoms with Gasteiger partial charge in [0.25, 0.3) is 0 Å². The largest absolute Gasteiger partial charge is 0.478 e. The minimum atomic E-state index is -3.21. The van der Waals surface area contributed by atoms with Gasteiger partial charge in [0.05, 0.1) is 11.8 Å². The summed E-state index contributed by atoms with van der Waals surface area (Å²) in [7, 11) is -3.21. The van der Waals surface area contributed by atoms with Gasteiger partial charge in [0, 0.05) is 19.6 Å². The van der Waals surface area contributed by atoms with Crippen LogP contribution in [0.5, 0.6) is 0 Å². The number of carboxylic acids is 1. The Balaban J connectivity index is 2.42. The third-order valence-electron chi connectivity index (χ3n) is 2.26. The number of hydrogen-bond acceptors (Lipinski definition) is 4.